The fourth-order valence-corrected chi connectivity index (χ4v) is 6.21. The van der Waals surface area contributed by atoms with Gasteiger partial charge in [0, 0.05) is 29.7 Å². The van der Waals surface area contributed by atoms with E-state index in [0.717, 1.165) is 77.7 Å². The maximum atomic E-state index is 13.6. The summed E-state index contributed by atoms with van der Waals surface area (Å²) in [6.45, 7) is 4.99. The molecule has 34 heavy (non-hydrogen) atoms. The van der Waals surface area contributed by atoms with Crippen molar-refractivity contribution < 1.29 is 9.47 Å². The summed E-state index contributed by atoms with van der Waals surface area (Å²) in [4.78, 5) is 20.5. The Balaban J connectivity index is 1.42. The van der Waals surface area contributed by atoms with Gasteiger partial charge in [-0.15, -0.1) is 11.3 Å². The predicted molar refractivity (Wildman–Crippen MR) is 138 cm³/mol. The number of methoxy groups -OCH3 is 1. The molecule has 0 radical (unpaired) electrons. The molecule has 1 aliphatic rings. The first-order chi connectivity index (χ1) is 16.7. The molecule has 7 heteroatoms. The Bertz CT molecular complexity index is 1360. The molecule has 0 spiro atoms. The van der Waals surface area contributed by atoms with Crippen LogP contribution in [-0.2, 0) is 24.1 Å². The molecule has 1 unspecified atom stereocenters. The smallest absolute Gasteiger partial charge is 0.262 e. The van der Waals surface area contributed by atoms with Crippen molar-refractivity contribution in [3.63, 3.8) is 0 Å². The van der Waals surface area contributed by atoms with Crippen LogP contribution in [0, 0.1) is 0 Å². The molecule has 2 aromatic carbocycles. The number of aryl methyl sites for hydroxylation is 1. The second-order valence-electron chi connectivity index (χ2n) is 8.77. The maximum absolute atomic E-state index is 13.6. The molecular formula is C27H31N3O3S. The Kier molecular flexibility index (Phi) is 6.94. The highest BCUT2D eigenvalue weighted by atomic mass is 32.1. The molecular weight excluding hydrogens is 446 g/mol. The van der Waals surface area contributed by atoms with Crippen LogP contribution in [0.1, 0.15) is 35.8 Å². The summed E-state index contributed by atoms with van der Waals surface area (Å²) < 4.78 is 12.8. The van der Waals surface area contributed by atoms with Crippen LogP contribution in [0.5, 0.6) is 5.75 Å². The van der Waals surface area contributed by atoms with Crippen molar-refractivity contribution >= 4 is 32.3 Å². The van der Waals surface area contributed by atoms with Crippen LogP contribution in [0.2, 0.25) is 0 Å². The van der Waals surface area contributed by atoms with Crippen molar-refractivity contribution in [3.8, 4) is 5.75 Å². The maximum Gasteiger partial charge on any atom is 0.262 e. The molecule has 1 aliphatic carbocycles. The van der Waals surface area contributed by atoms with Crippen LogP contribution in [-0.4, -0.2) is 42.5 Å². The molecule has 0 saturated heterocycles. The average molecular weight is 478 g/mol. The Hall–Kier alpha value is -2.74. The number of hydrogen-bond acceptors (Lipinski definition) is 6. The Morgan fingerprint density at radius 1 is 1.24 bits per heavy atom. The summed E-state index contributed by atoms with van der Waals surface area (Å²) in [7, 11) is 1.67. The van der Waals surface area contributed by atoms with Gasteiger partial charge in [-0.2, -0.15) is 0 Å². The van der Waals surface area contributed by atoms with E-state index in [2.05, 4.69) is 23.5 Å². The zero-order valence-electron chi connectivity index (χ0n) is 19.8. The number of aromatic nitrogens is 2. The van der Waals surface area contributed by atoms with Crippen LogP contribution in [0.3, 0.4) is 0 Å². The number of nitrogens with zero attached hydrogens (tertiary/aromatic N) is 2. The van der Waals surface area contributed by atoms with Crippen molar-refractivity contribution in [1.82, 2.24) is 14.9 Å². The van der Waals surface area contributed by atoms with E-state index in [0.29, 0.717) is 12.6 Å². The molecule has 6 nitrogen and oxygen atoms in total. The third-order valence-electron chi connectivity index (χ3n) is 6.68. The molecule has 0 fully saturated rings. The molecule has 1 atom stereocenters. The zero-order chi connectivity index (χ0) is 23.5. The van der Waals surface area contributed by atoms with Gasteiger partial charge in [-0.25, -0.2) is 4.98 Å². The van der Waals surface area contributed by atoms with Gasteiger partial charge in [0.25, 0.3) is 5.56 Å². The molecule has 2 heterocycles. The van der Waals surface area contributed by atoms with Crippen LogP contribution in [0.15, 0.2) is 47.5 Å². The first-order valence-corrected chi connectivity index (χ1v) is 12.9. The van der Waals surface area contributed by atoms with Crippen molar-refractivity contribution in [2.75, 3.05) is 26.9 Å². The van der Waals surface area contributed by atoms with Gasteiger partial charge in [-0.3, -0.25) is 9.36 Å². The van der Waals surface area contributed by atoms with Crippen molar-refractivity contribution in [1.29, 1.82) is 0 Å². The summed E-state index contributed by atoms with van der Waals surface area (Å²) in [5, 5.41) is 6.69. The number of fused-ring (bicyclic) bond motifs is 4. The van der Waals surface area contributed by atoms with Crippen molar-refractivity contribution in [3.05, 3.63) is 69.1 Å². The number of rotatable bonds is 9. The SMILES string of the molecule is CCOCCCNC1CCc2c(sc3ncn(Cc4c(OC)ccc5ccccc45)c(=O)c23)C1. The summed E-state index contributed by atoms with van der Waals surface area (Å²) >= 11 is 1.68. The second-order valence-corrected chi connectivity index (χ2v) is 9.86. The number of ether oxygens (including phenoxy) is 2. The first-order valence-electron chi connectivity index (χ1n) is 12.0. The molecule has 5 rings (SSSR count). The summed E-state index contributed by atoms with van der Waals surface area (Å²) in [6, 6.07) is 12.7. The summed E-state index contributed by atoms with van der Waals surface area (Å²) in [6.07, 6.45) is 5.63. The predicted octanol–water partition coefficient (Wildman–Crippen LogP) is 4.54. The van der Waals surface area contributed by atoms with E-state index in [1.54, 1.807) is 29.3 Å². The molecule has 2 aromatic heterocycles. The molecule has 178 valence electrons. The zero-order valence-corrected chi connectivity index (χ0v) is 20.6. The Labute approximate surface area is 203 Å². The number of nitrogens with one attached hydrogen (secondary N) is 1. The second kappa shape index (κ2) is 10.3. The van der Waals surface area contributed by atoms with Gasteiger partial charge in [0.05, 0.1) is 25.4 Å². The Morgan fingerprint density at radius 2 is 2.12 bits per heavy atom. The minimum absolute atomic E-state index is 0.0422. The van der Waals surface area contributed by atoms with E-state index in [9.17, 15) is 4.79 Å². The number of hydrogen-bond donors (Lipinski definition) is 1. The normalized spacial score (nSPS) is 15.6. The highest BCUT2D eigenvalue weighted by Crippen LogP contribution is 2.34. The highest BCUT2D eigenvalue weighted by Gasteiger charge is 2.25. The van der Waals surface area contributed by atoms with Crippen LogP contribution in [0.4, 0.5) is 0 Å². The van der Waals surface area contributed by atoms with E-state index in [-0.39, 0.29) is 5.56 Å². The standard InChI is InChI=1S/C27H31N3O3S/c1-3-33-14-6-13-28-19-10-11-21-24(15-19)34-26-25(21)27(31)30(17-29-26)16-22-20-8-5-4-7-18(20)9-12-23(22)32-2/h4-5,7-9,12,17,19,28H,3,6,10-11,13-16H2,1-2H3. The summed E-state index contributed by atoms with van der Waals surface area (Å²) in [5.41, 5.74) is 2.24. The minimum atomic E-state index is 0.0422. The first kappa shape index (κ1) is 23.0. The molecule has 4 aromatic rings. The highest BCUT2D eigenvalue weighted by molar-refractivity contribution is 7.18. The fraction of sp³-hybridized carbons (Fsp3) is 0.407. The molecule has 0 amide bonds. The monoisotopic (exact) mass is 477 g/mol. The van der Waals surface area contributed by atoms with Gasteiger partial charge < -0.3 is 14.8 Å². The lowest BCUT2D eigenvalue weighted by Crippen LogP contribution is -2.35. The van der Waals surface area contributed by atoms with E-state index in [1.165, 1.54) is 10.4 Å². The topological polar surface area (TPSA) is 65.4 Å². The van der Waals surface area contributed by atoms with Gasteiger partial charge in [0.2, 0.25) is 0 Å². The van der Waals surface area contributed by atoms with E-state index < -0.39 is 0 Å². The lowest BCUT2D eigenvalue weighted by atomic mass is 9.93. The van der Waals surface area contributed by atoms with Crippen LogP contribution in [0.25, 0.3) is 21.0 Å². The van der Waals surface area contributed by atoms with Gasteiger partial charge in [-0.1, -0.05) is 30.3 Å². The molecule has 1 N–H and O–H groups in total. The number of benzene rings is 2. The van der Waals surface area contributed by atoms with Crippen molar-refractivity contribution in [2.45, 2.75) is 45.2 Å². The average Bonchev–Trinajstić information content (AvgIpc) is 3.24. The third kappa shape index (κ3) is 4.48. The minimum Gasteiger partial charge on any atom is -0.496 e. The van der Waals surface area contributed by atoms with Gasteiger partial charge >= 0.3 is 0 Å². The molecule has 0 aliphatic heterocycles. The van der Waals surface area contributed by atoms with Crippen molar-refractivity contribution in [2.24, 2.45) is 0 Å². The number of thiophene rings is 1. The lowest BCUT2D eigenvalue weighted by Gasteiger charge is -2.23. The largest absolute Gasteiger partial charge is 0.496 e. The van der Waals surface area contributed by atoms with E-state index in [4.69, 9.17) is 14.5 Å². The van der Waals surface area contributed by atoms with Crippen LogP contribution >= 0.6 is 11.3 Å². The van der Waals surface area contributed by atoms with E-state index in [1.807, 2.05) is 25.1 Å². The molecule has 0 saturated carbocycles. The van der Waals surface area contributed by atoms with Gasteiger partial charge in [-0.05, 0) is 61.6 Å². The van der Waals surface area contributed by atoms with E-state index >= 15 is 0 Å². The lowest BCUT2D eigenvalue weighted by molar-refractivity contribution is 0.144. The van der Waals surface area contributed by atoms with Crippen LogP contribution < -0.4 is 15.6 Å². The van der Waals surface area contributed by atoms with Gasteiger partial charge in [0.15, 0.2) is 0 Å². The fourth-order valence-electron chi connectivity index (χ4n) is 4.95. The Morgan fingerprint density at radius 3 is 2.97 bits per heavy atom. The summed E-state index contributed by atoms with van der Waals surface area (Å²) in [5.74, 6) is 0.788. The molecule has 0 bridgehead atoms. The third-order valence-corrected chi connectivity index (χ3v) is 7.85. The van der Waals surface area contributed by atoms with Gasteiger partial charge in [0.1, 0.15) is 10.6 Å². The quantitative estimate of drug-likeness (QED) is 0.359.